The zero-order valence-electron chi connectivity index (χ0n) is 13.9. The molecule has 0 amide bonds. The zero-order valence-corrected chi connectivity index (χ0v) is 13.9. The minimum absolute atomic E-state index is 1.26. The Bertz CT molecular complexity index is 1120. The normalized spacial score (nSPS) is 11.8. The molecule has 0 aliphatic heterocycles. The third-order valence-electron chi connectivity index (χ3n) is 5.16. The predicted molar refractivity (Wildman–Crippen MR) is 99.7 cm³/mol. The van der Waals surface area contributed by atoms with Crippen molar-refractivity contribution in [3.63, 3.8) is 0 Å². The molecule has 1 nitrogen and oxygen atoms in total. The van der Waals surface area contributed by atoms with E-state index in [2.05, 4.69) is 91.5 Å². The van der Waals surface area contributed by atoms with Crippen LogP contribution in [-0.4, -0.2) is 0 Å². The van der Waals surface area contributed by atoms with Crippen molar-refractivity contribution in [1.29, 1.82) is 0 Å². The summed E-state index contributed by atoms with van der Waals surface area (Å²) >= 11 is 0. The van der Waals surface area contributed by atoms with Crippen LogP contribution >= 0.6 is 0 Å². The Kier molecular flexibility index (Phi) is 2.69. The van der Waals surface area contributed by atoms with Crippen molar-refractivity contribution >= 4 is 10.8 Å². The van der Waals surface area contributed by atoms with Gasteiger partial charge in [0.25, 0.3) is 0 Å². The molecule has 1 aliphatic carbocycles. The molecule has 0 atom stereocenters. The molecule has 1 heteroatoms. The molecule has 114 valence electrons. The molecule has 0 bridgehead atoms. The largest absolute Gasteiger partial charge is 0.213 e. The second kappa shape index (κ2) is 4.78. The highest BCUT2D eigenvalue weighted by molar-refractivity contribution is 6.19. The Morgan fingerprint density at radius 2 is 1.46 bits per heavy atom. The highest BCUT2D eigenvalue weighted by Crippen LogP contribution is 2.51. The zero-order chi connectivity index (χ0) is 16.3. The van der Waals surface area contributed by atoms with Gasteiger partial charge in [0.2, 0.25) is 5.69 Å². The van der Waals surface area contributed by atoms with Crippen LogP contribution < -0.4 is 4.57 Å². The van der Waals surface area contributed by atoms with Crippen molar-refractivity contribution in [2.24, 2.45) is 7.05 Å². The Morgan fingerprint density at radius 3 is 2.29 bits per heavy atom. The van der Waals surface area contributed by atoms with E-state index < -0.39 is 0 Å². The van der Waals surface area contributed by atoms with Gasteiger partial charge in [0.1, 0.15) is 7.05 Å². The molecule has 1 aliphatic rings. The van der Waals surface area contributed by atoms with E-state index >= 15 is 0 Å². The maximum absolute atomic E-state index is 2.33. The molecule has 1 heterocycles. The second-order valence-electron chi connectivity index (χ2n) is 6.59. The van der Waals surface area contributed by atoms with Crippen molar-refractivity contribution in [3.8, 4) is 33.5 Å². The Labute approximate surface area is 141 Å². The summed E-state index contributed by atoms with van der Waals surface area (Å²) in [6.45, 7) is 2.23. The molecule has 0 N–H and O–H groups in total. The van der Waals surface area contributed by atoms with Gasteiger partial charge >= 0.3 is 0 Å². The molecule has 5 rings (SSSR count). The van der Waals surface area contributed by atoms with Crippen LogP contribution in [0.1, 0.15) is 5.56 Å². The molecule has 0 spiro atoms. The van der Waals surface area contributed by atoms with Gasteiger partial charge in [0.15, 0.2) is 6.20 Å². The van der Waals surface area contributed by atoms with Crippen LogP contribution in [0.15, 0.2) is 72.9 Å². The third kappa shape index (κ3) is 1.67. The summed E-state index contributed by atoms with van der Waals surface area (Å²) in [6, 6.07) is 24.2. The first-order valence-electron chi connectivity index (χ1n) is 8.37. The maximum Gasteiger partial charge on any atom is 0.213 e. The summed E-state index contributed by atoms with van der Waals surface area (Å²) in [6.07, 6.45) is 2.12. The summed E-state index contributed by atoms with van der Waals surface area (Å²) in [5.74, 6) is 0. The van der Waals surface area contributed by atoms with E-state index in [9.17, 15) is 0 Å². The van der Waals surface area contributed by atoms with E-state index in [1.807, 2.05) is 0 Å². The lowest BCUT2D eigenvalue weighted by atomic mass is 9.91. The lowest BCUT2D eigenvalue weighted by Crippen LogP contribution is -2.30. The minimum Gasteiger partial charge on any atom is -0.201 e. The molecule has 0 fully saturated rings. The molecule has 0 saturated heterocycles. The maximum atomic E-state index is 2.33. The third-order valence-corrected chi connectivity index (χ3v) is 5.16. The highest BCUT2D eigenvalue weighted by atomic mass is 14.9. The van der Waals surface area contributed by atoms with Gasteiger partial charge in [-0.05, 0) is 46.0 Å². The lowest BCUT2D eigenvalue weighted by Gasteiger charge is -2.12. The van der Waals surface area contributed by atoms with Gasteiger partial charge in [0.05, 0.1) is 5.56 Å². The first-order valence-corrected chi connectivity index (χ1v) is 8.37. The quantitative estimate of drug-likeness (QED) is 0.371. The summed E-state index contributed by atoms with van der Waals surface area (Å²) in [5, 5.41) is 2.72. The minimum atomic E-state index is 1.26. The number of fused-ring (bicyclic) bond motifs is 3. The second-order valence-corrected chi connectivity index (χ2v) is 6.59. The summed E-state index contributed by atoms with van der Waals surface area (Å²) < 4.78 is 2.22. The van der Waals surface area contributed by atoms with E-state index in [4.69, 9.17) is 0 Å². The molecule has 4 aromatic rings. The lowest BCUT2D eigenvalue weighted by molar-refractivity contribution is -0.660. The van der Waals surface area contributed by atoms with Crippen LogP contribution in [0, 0.1) is 6.92 Å². The van der Waals surface area contributed by atoms with Gasteiger partial charge in [-0.25, -0.2) is 4.57 Å². The van der Waals surface area contributed by atoms with Crippen LogP contribution in [0.5, 0.6) is 0 Å². The number of aryl methyl sites for hydroxylation is 2. The monoisotopic (exact) mass is 308 g/mol. The molecule has 1 aromatic heterocycles. The first kappa shape index (κ1) is 13.5. The van der Waals surface area contributed by atoms with Gasteiger partial charge in [-0.2, -0.15) is 0 Å². The average molecular weight is 308 g/mol. The fraction of sp³-hybridized carbons (Fsp3) is 0.0870. The van der Waals surface area contributed by atoms with Crippen LogP contribution in [0.25, 0.3) is 44.3 Å². The summed E-state index contributed by atoms with van der Waals surface area (Å²) in [4.78, 5) is 0. The van der Waals surface area contributed by atoms with Gasteiger partial charge in [-0.1, -0.05) is 48.5 Å². The fourth-order valence-corrected chi connectivity index (χ4v) is 4.14. The van der Waals surface area contributed by atoms with Crippen molar-refractivity contribution in [2.45, 2.75) is 6.92 Å². The molecule has 0 unspecified atom stereocenters. The van der Waals surface area contributed by atoms with Crippen molar-refractivity contribution in [3.05, 3.63) is 78.5 Å². The van der Waals surface area contributed by atoms with E-state index in [0.717, 1.165) is 0 Å². The van der Waals surface area contributed by atoms with E-state index in [0.29, 0.717) is 0 Å². The highest BCUT2D eigenvalue weighted by Gasteiger charge is 2.27. The van der Waals surface area contributed by atoms with Gasteiger partial charge in [-0.15, -0.1) is 0 Å². The Balaban J connectivity index is 2.02. The average Bonchev–Trinajstić information content (AvgIpc) is 2.93. The number of hydrogen-bond donors (Lipinski definition) is 0. The topological polar surface area (TPSA) is 3.88 Å². The number of aromatic nitrogens is 1. The molecule has 0 radical (unpaired) electrons. The standard InChI is InChI=1S/C23H18N/c1-15-14-16-8-7-11-18-17-9-3-4-10-19(17)23(22(16)18)21(15)20-12-5-6-13-24(20)2/h3-14H,1-2H3/q+1. The Hall–Kier alpha value is -2.93. The van der Waals surface area contributed by atoms with Crippen LogP contribution in [-0.2, 0) is 7.05 Å². The van der Waals surface area contributed by atoms with Crippen LogP contribution in [0.4, 0.5) is 0 Å². The van der Waals surface area contributed by atoms with Crippen LogP contribution in [0.2, 0.25) is 0 Å². The summed E-state index contributed by atoms with van der Waals surface area (Å²) in [7, 11) is 2.12. The number of hydrogen-bond acceptors (Lipinski definition) is 0. The number of nitrogens with zero attached hydrogens (tertiary/aromatic N) is 1. The van der Waals surface area contributed by atoms with Gasteiger partial charge in [0, 0.05) is 17.7 Å². The predicted octanol–water partition coefficient (Wildman–Crippen LogP) is 5.29. The first-order chi connectivity index (χ1) is 11.8. The SMILES string of the molecule is Cc1cc2cccc3c2c(c1-c1cccc[n+]1C)-c1ccccc1-3. The molecule has 0 saturated carbocycles. The number of pyridine rings is 1. The fourth-order valence-electron chi connectivity index (χ4n) is 4.14. The molecule has 3 aromatic carbocycles. The van der Waals surface area contributed by atoms with Crippen molar-refractivity contribution in [2.75, 3.05) is 0 Å². The van der Waals surface area contributed by atoms with Gasteiger partial charge in [-0.3, -0.25) is 0 Å². The van der Waals surface area contributed by atoms with E-state index in [1.54, 1.807) is 0 Å². The summed E-state index contributed by atoms with van der Waals surface area (Å²) in [5.41, 5.74) is 9.39. The number of benzene rings is 3. The van der Waals surface area contributed by atoms with Gasteiger partial charge < -0.3 is 0 Å². The van der Waals surface area contributed by atoms with Crippen LogP contribution in [0.3, 0.4) is 0 Å². The van der Waals surface area contributed by atoms with Crippen molar-refractivity contribution in [1.82, 2.24) is 0 Å². The number of rotatable bonds is 1. The Morgan fingerprint density at radius 1 is 0.708 bits per heavy atom. The molecular weight excluding hydrogens is 290 g/mol. The van der Waals surface area contributed by atoms with E-state index in [-0.39, 0.29) is 0 Å². The smallest absolute Gasteiger partial charge is 0.201 e. The molecule has 24 heavy (non-hydrogen) atoms. The molecular formula is C23H18N+. The van der Waals surface area contributed by atoms with E-state index in [1.165, 1.54) is 49.8 Å². The van der Waals surface area contributed by atoms with Crippen molar-refractivity contribution < 1.29 is 4.57 Å².